The normalized spacial score (nSPS) is 10.9. The quantitative estimate of drug-likeness (QED) is 0.765. The summed E-state index contributed by atoms with van der Waals surface area (Å²) in [5.74, 6) is 2.38. The van der Waals surface area contributed by atoms with Crippen molar-refractivity contribution in [2.24, 2.45) is 0 Å². The highest BCUT2D eigenvalue weighted by Crippen LogP contribution is 2.16. The molecular formula is C13H23N3. The molecule has 3 heteroatoms. The van der Waals surface area contributed by atoms with Gasteiger partial charge in [-0.3, -0.25) is 0 Å². The van der Waals surface area contributed by atoms with Gasteiger partial charge in [-0.15, -0.1) is 0 Å². The van der Waals surface area contributed by atoms with Crippen molar-refractivity contribution in [3.63, 3.8) is 0 Å². The van der Waals surface area contributed by atoms with Gasteiger partial charge in [0.25, 0.3) is 0 Å². The zero-order valence-corrected chi connectivity index (χ0v) is 11.1. The van der Waals surface area contributed by atoms with Crippen LogP contribution in [0.4, 0.5) is 5.82 Å². The molecule has 3 nitrogen and oxygen atoms in total. The van der Waals surface area contributed by atoms with E-state index in [0.717, 1.165) is 23.9 Å². The topological polar surface area (TPSA) is 29.0 Å². The Balaban J connectivity index is 2.86. The van der Waals surface area contributed by atoms with Gasteiger partial charge in [0.05, 0.1) is 0 Å². The van der Waals surface area contributed by atoms with Crippen LogP contribution < -0.4 is 4.90 Å². The van der Waals surface area contributed by atoms with Crippen LogP contribution in [0, 0.1) is 6.92 Å². The molecule has 1 aromatic heterocycles. The van der Waals surface area contributed by atoms with Crippen molar-refractivity contribution in [2.45, 2.75) is 46.5 Å². The molecule has 1 heterocycles. The summed E-state index contributed by atoms with van der Waals surface area (Å²) < 4.78 is 0. The number of anilines is 1. The summed E-state index contributed by atoms with van der Waals surface area (Å²) in [7, 11) is 2.10. The molecule has 0 saturated carbocycles. The lowest BCUT2D eigenvalue weighted by molar-refractivity contribution is 0.731. The minimum Gasteiger partial charge on any atom is -0.360 e. The van der Waals surface area contributed by atoms with Crippen molar-refractivity contribution in [1.29, 1.82) is 0 Å². The number of nitrogens with zero attached hydrogens (tertiary/aromatic N) is 3. The minimum absolute atomic E-state index is 0.387. The standard InChI is InChI=1S/C13H23N3/c1-6-7-8-16(5)12-9-11(4)14-13(15-12)10(2)3/h9-10H,6-8H2,1-5H3. The van der Waals surface area contributed by atoms with E-state index in [1.807, 2.05) is 6.92 Å². The zero-order chi connectivity index (χ0) is 12.1. The maximum absolute atomic E-state index is 4.60. The summed E-state index contributed by atoms with van der Waals surface area (Å²) in [6.45, 7) is 9.56. The van der Waals surface area contributed by atoms with E-state index < -0.39 is 0 Å². The molecule has 0 aliphatic rings. The van der Waals surface area contributed by atoms with Crippen LogP contribution in [0.1, 0.15) is 51.0 Å². The molecule has 0 radical (unpaired) electrons. The van der Waals surface area contributed by atoms with E-state index in [4.69, 9.17) is 0 Å². The largest absolute Gasteiger partial charge is 0.360 e. The lowest BCUT2D eigenvalue weighted by Gasteiger charge is -2.19. The third-order valence-corrected chi connectivity index (χ3v) is 2.61. The van der Waals surface area contributed by atoms with E-state index in [9.17, 15) is 0 Å². The summed E-state index contributed by atoms with van der Waals surface area (Å²) in [6.07, 6.45) is 2.42. The molecule has 90 valence electrons. The zero-order valence-electron chi connectivity index (χ0n) is 11.1. The fourth-order valence-corrected chi connectivity index (χ4v) is 1.54. The van der Waals surface area contributed by atoms with Gasteiger partial charge in [-0.25, -0.2) is 9.97 Å². The molecule has 0 bridgehead atoms. The fraction of sp³-hybridized carbons (Fsp3) is 0.692. The Kier molecular flexibility index (Phi) is 4.71. The van der Waals surface area contributed by atoms with E-state index >= 15 is 0 Å². The molecule has 0 aromatic carbocycles. The number of hydrogen-bond acceptors (Lipinski definition) is 3. The second kappa shape index (κ2) is 5.83. The Bertz CT molecular complexity index is 334. The second-order valence-corrected chi connectivity index (χ2v) is 4.66. The van der Waals surface area contributed by atoms with Crippen molar-refractivity contribution in [3.05, 3.63) is 17.6 Å². The highest BCUT2D eigenvalue weighted by Gasteiger charge is 2.08. The molecule has 1 aromatic rings. The molecule has 0 aliphatic heterocycles. The van der Waals surface area contributed by atoms with Gasteiger partial charge in [-0.05, 0) is 13.3 Å². The molecule has 1 rings (SSSR count). The Hall–Kier alpha value is -1.12. The monoisotopic (exact) mass is 221 g/mol. The molecule has 0 spiro atoms. The van der Waals surface area contributed by atoms with Crippen LogP contribution >= 0.6 is 0 Å². The summed E-state index contributed by atoms with van der Waals surface area (Å²) in [5.41, 5.74) is 1.05. The summed E-state index contributed by atoms with van der Waals surface area (Å²) >= 11 is 0. The van der Waals surface area contributed by atoms with Crippen LogP contribution in [0.15, 0.2) is 6.07 Å². The first-order valence-electron chi connectivity index (χ1n) is 6.11. The number of unbranched alkanes of at least 4 members (excludes halogenated alkanes) is 1. The highest BCUT2D eigenvalue weighted by atomic mass is 15.2. The first kappa shape index (κ1) is 12.9. The Morgan fingerprint density at radius 3 is 2.56 bits per heavy atom. The first-order valence-corrected chi connectivity index (χ1v) is 6.11. The van der Waals surface area contributed by atoms with Gasteiger partial charge >= 0.3 is 0 Å². The van der Waals surface area contributed by atoms with Gasteiger partial charge in [0, 0.05) is 31.3 Å². The lowest BCUT2D eigenvalue weighted by Crippen LogP contribution is -2.20. The molecule has 0 unspecified atom stereocenters. The lowest BCUT2D eigenvalue weighted by atomic mass is 10.2. The van der Waals surface area contributed by atoms with E-state index in [1.54, 1.807) is 0 Å². The number of rotatable bonds is 5. The third-order valence-electron chi connectivity index (χ3n) is 2.61. The van der Waals surface area contributed by atoms with Gasteiger partial charge in [-0.2, -0.15) is 0 Å². The van der Waals surface area contributed by atoms with Crippen LogP contribution in [-0.4, -0.2) is 23.6 Å². The van der Waals surface area contributed by atoms with Crippen LogP contribution in [-0.2, 0) is 0 Å². The van der Waals surface area contributed by atoms with Gasteiger partial charge in [0.15, 0.2) is 0 Å². The predicted molar refractivity (Wildman–Crippen MR) is 69.0 cm³/mol. The Labute approximate surface area is 98.9 Å². The molecule has 0 N–H and O–H groups in total. The van der Waals surface area contributed by atoms with Crippen LogP contribution in [0.3, 0.4) is 0 Å². The second-order valence-electron chi connectivity index (χ2n) is 4.66. The summed E-state index contributed by atoms with van der Waals surface area (Å²) in [4.78, 5) is 11.3. The minimum atomic E-state index is 0.387. The molecule has 0 fully saturated rings. The van der Waals surface area contributed by atoms with Gasteiger partial charge in [-0.1, -0.05) is 27.2 Å². The van der Waals surface area contributed by atoms with Crippen molar-refractivity contribution in [3.8, 4) is 0 Å². The van der Waals surface area contributed by atoms with Gasteiger partial charge in [0.2, 0.25) is 0 Å². The van der Waals surface area contributed by atoms with E-state index in [0.29, 0.717) is 5.92 Å². The highest BCUT2D eigenvalue weighted by molar-refractivity contribution is 5.38. The molecular weight excluding hydrogens is 198 g/mol. The van der Waals surface area contributed by atoms with Crippen LogP contribution in [0.5, 0.6) is 0 Å². The van der Waals surface area contributed by atoms with Crippen LogP contribution in [0.2, 0.25) is 0 Å². The maximum atomic E-state index is 4.60. The van der Waals surface area contributed by atoms with Crippen molar-refractivity contribution < 1.29 is 0 Å². The number of aromatic nitrogens is 2. The van der Waals surface area contributed by atoms with Crippen LogP contribution in [0.25, 0.3) is 0 Å². The molecule has 0 aliphatic carbocycles. The summed E-state index contributed by atoms with van der Waals surface area (Å²) in [6, 6.07) is 2.06. The summed E-state index contributed by atoms with van der Waals surface area (Å²) in [5, 5.41) is 0. The molecule has 0 saturated heterocycles. The van der Waals surface area contributed by atoms with Gasteiger partial charge < -0.3 is 4.90 Å². The smallest absolute Gasteiger partial charge is 0.133 e. The number of aryl methyl sites for hydroxylation is 1. The number of hydrogen-bond donors (Lipinski definition) is 0. The van der Waals surface area contributed by atoms with Crippen molar-refractivity contribution in [1.82, 2.24) is 9.97 Å². The SMILES string of the molecule is CCCCN(C)c1cc(C)nc(C(C)C)n1. The Morgan fingerprint density at radius 1 is 1.31 bits per heavy atom. The third kappa shape index (κ3) is 3.47. The van der Waals surface area contributed by atoms with Crippen molar-refractivity contribution in [2.75, 3.05) is 18.5 Å². The maximum Gasteiger partial charge on any atom is 0.133 e. The molecule has 16 heavy (non-hydrogen) atoms. The average molecular weight is 221 g/mol. The van der Waals surface area contributed by atoms with E-state index in [-0.39, 0.29) is 0 Å². The first-order chi connectivity index (χ1) is 7.54. The van der Waals surface area contributed by atoms with Gasteiger partial charge in [0.1, 0.15) is 11.6 Å². The fourth-order valence-electron chi connectivity index (χ4n) is 1.54. The Morgan fingerprint density at radius 2 is 2.00 bits per heavy atom. The average Bonchev–Trinajstić information content (AvgIpc) is 2.24. The van der Waals surface area contributed by atoms with E-state index in [1.165, 1.54) is 12.8 Å². The molecule has 0 atom stereocenters. The van der Waals surface area contributed by atoms with Crippen molar-refractivity contribution >= 4 is 5.82 Å². The predicted octanol–water partition coefficient (Wildman–Crippen LogP) is 3.14. The molecule has 0 amide bonds. The van der Waals surface area contributed by atoms with E-state index in [2.05, 4.69) is 48.8 Å².